The van der Waals surface area contributed by atoms with Gasteiger partial charge in [0.2, 0.25) is 0 Å². The summed E-state index contributed by atoms with van der Waals surface area (Å²) < 4.78 is 89.0. The fourth-order valence-electron chi connectivity index (χ4n) is 15.9. The van der Waals surface area contributed by atoms with Gasteiger partial charge < -0.3 is 92.2 Å². The average Bonchev–Trinajstić information content (AvgIpc) is 3.66. The van der Waals surface area contributed by atoms with Crippen molar-refractivity contribution >= 4 is 0 Å². The van der Waals surface area contributed by atoms with Gasteiger partial charge in [-0.1, -0.05) is 88.5 Å². The summed E-state index contributed by atoms with van der Waals surface area (Å²) in [5, 5.41) is 65.9. The van der Waals surface area contributed by atoms with Crippen molar-refractivity contribution < 1.29 is 92.2 Å². The van der Waals surface area contributed by atoms with Crippen LogP contribution in [-0.2, 0) is 61.6 Å². The second-order valence-electron chi connectivity index (χ2n) is 25.9. The summed E-state index contributed by atoms with van der Waals surface area (Å²) in [7, 11) is 0. The zero-order chi connectivity index (χ0) is 54.6. The lowest BCUT2D eigenvalue weighted by molar-refractivity contribution is -0.339. The van der Waals surface area contributed by atoms with Crippen molar-refractivity contribution in [2.75, 3.05) is 13.2 Å². The third-order valence-corrected chi connectivity index (χ3v) is 20.6. The molecule has 6 N–H and O–H groups in total. The molecular weight excluding hydrogens is 1020 g/mol. The van der Waals surface area contributed by atoms with Gasteiger partial charge in [0.25, 0.3) is 0 Å². The maximum atomic E-state index is 12.4. The monoisotopic (exact) mass is 1110 g/mol. The van der Waals surface area contributed by atoms with E-state index in [0.29, 0.717) is 57.8 Å². The minimum atomic E-state index is -1.04. The molecule has 0 unspecified atom stereocenters. The van der Waals surface area contributed by atoms with Gasteiger partial charge in [-0.3, -0.25) is 0 Å². The maximum Gasteiger partial charge on any atom is 0.174 e. The molecule has 13 heterocycles. The van der Waals surface area contributed by atoms with E-state index in [4.69, 9.17) is 61.6 Å². The van der Waals surface area contributed by atoms with Crippen LogP contribution in [0.15, 0.2) is 60.8 Å². The highest BCUT2D eigenvalue weighted by atomic mass is 16.7. The first-order valence-corrected chi connectivity index (χ1v) is 30.0. The number of hydrogen-bond acceptors (Lipinski definition) is 19. The zero-order valence-corrected chi connectivity index (χ0v) is 46.1. The molecule has 0 aromatic rings. The van der Waals surface area contributed by atoms with Gasteiger partial charge in [-0.15, -0.1) is 0 Å². The van der Waals surface area contributed by atoms with Gasteiger partial charge in [0.15, 0.2) is 5.79 Å². The predicted octanol–water partition coefficient (Wildman–Crippen LogP) is 2.97. The highest BCUT2D eigenvalue weighted by Gasteiger charge is 2.63. The van der Waals surface area contributed by atoms with E-state index < -0.39 is 134 Å². The van der Waals surface area contributed by atoms with Crippen LogP contribution in [0.4, 0.5) is 0 Å². The predicted molar refractivity (Wildman–Crippen MR) is 279 cm³/mol. The summed E-state index contributed by atoms with van der Waals surface area (Å²) in [6, 6.07) is 0. The summed E-state index contributed by atoms with van der Waals surface area (Å²) in [4.78, 5) is 0. The van der Waals surface area contributed by atoms with Crippen molar-refractivity contribution in [2.45, 2.75) is 275 Å². The Kier molecular flexibility index (Phi) is 15.9. The first-order valence-electron chi connectivity index (χ1n) is 30.0. The van der Waals surface area contributed by atoms with E-state index in [-0.39, 0.29) is 79.1 Å². The molecule has 0 aromatic heterocycles. The first-order chi connectivity index (χ1) is 38.0. The fourth-order valence-corrected chi connectivity index (χ4v) is 15.9. The van der Waals surface area contributed by atoms with Gasteiger partial charge >= 0.3 is 0 Å². The highest BCUT2D eigenvalue weighted by molar-refractivity contribution is 5.18. The Morgan fingerprint density at radius 3 is 1.91 bits per heavy atom. The Balaban J connectivity index is 0.677. The van der Waals surface area contributed by atoms with E-state index in [2.05, 4.69) is 32.9 Å². The lowest BCUT2D eigenvalue weighted by Crippen LogP contribution is -2.63. The van der Waals surface area contributed by atoms with Gasteiger partial charge in [-0.25, -0.2) is 0 Å². The lowest BCUT2D eigenvalue weighted by atomic mass is 9.75. The van der Waals surface area contributed by atoms with Crippen LogP contribution in [0, 0.1) is 23.7 Å². The molecule has 33 atom stereocenters. The summed E-state index contributed by atoms with van der Waals surface area (Å²) in [6.45, 7) is 10.3. The number of fused-ring (bicyclic) bond motifs is 11. The average molecular weight is 1110 g/mol. The smallest absolute Gasteiger partial charge is 0.174 e. The molecular formula is C60H86O19. The number of aliphatic hydroxyl groups excluding tert-OH is 6. The number of aliphatic hydroxyl groups is 6. The lowest BCUT2D eigenvalue weighted by Gasteiger charge is -2.53. The second kappa shape index (κ2) is 22.4. The van der Waals surface area contributed by atoms with Crippen molar-refractivity contribution in [1.29, 1.82) is 0 Å². The van der Waals surface area contributed by atoms with Crippen LogP contribution in [0.3, 0.4) is 0 Å². The van der Waals surface area contributed by atoms with Crippen molar-refractivity contribution in [3.63, 3.8) is 0 Å². The summed E-state index contributed by atoms with van der Waals surface area (Å²) in [5.74, 6) is -1.19. The van der Waals surface area contributed by atoms with Crippen LogP contribution in [0.1, 0.15) is 98.8 Å². The van der Waals surface area contributed by atoms with Crippen molar-refractivity contribution in [3.8, 4) is 0 Å². The molecule has 9 fully saturated rings. The van der Waals surface area contributed by atoms with E-state index >= 15 is 0 Å². The Labute approximate surface area is 463 Å². The molecule has 0 radical (unpaired) electrons. The van der Waals surface area contributed by atoms with E-state index in [9.17, 15) is 30.6 Å². The molecule has 1 spiro atoms. The van der Waals surface area contributed by atoms with Crippen LogP contribution in [-0.4, -0.2) is 220 Å². The largest absolute Gasteiger partial charge is 0.393 e. The third kappa shape index (κ3) is 10.5. The summed E-state index contributed by atoms with van der Waals surface area (Å²) in [5.41, 5.74) is -1.04. The topological polar surface area (TPSA) is 241 Å². The zero-order valence-electron chi connectivity index (χ0n) is 46.1. The van der Waals surface area contributed by atoms with Crippen LogP contribution in [0.2, 0.25) is 0 Å². The maximum absolute atomic E-state index is 12.4. The molecule has 0 aliphatic carbocycles. The molecule has 13 aliphatic heterocycles. The van der Waals surface area contributed by atoms with Crippen molar-refractivity contribution in [2.24, 2.45) is 23.7 Å². The molecule has 19 nitrogen and oxygen atoms in total. The van der Waals surface area contributed by atoms with Gasteiger partial charge in [0, 0.05) is 43.9 Å². The molecule has 13 rings (SSSR count). The number of rotatable bonds is 3. The molecule has 0 aromatic carbocycles. The van der Waals surface area contributed by atoms with Gasteiger partial charge in [0.05, 0.1) is 129 Å². The Hall–Kier alpha value is -2.06. The molecule has 440 valence electrons. The second-order valence-corrected chi connectivity index (χ2v) is 25.9. The van der Waals surface area contributed by atoms with E-state index in [0.717, 1.165) is 6.42 Å². The molecule has 0 bridgehead atoms. The Morgan fingerprint density at radius 2 is 1.14 bits per heavy atom. The summed E-state index contributed by atoms with van der Waals surface area (Å²) in [6.07, 6.45) is 10.5. The van der Waals surface area contributed by atoms with Crippen LogP contribution in [0.5, 0.6) is 0 Å². The van der Waals surface area contributed by atoms with Crippen molar-refractivity contribution in [1.82, 2.24) is 0 Å². The summed E-state index contributed by atoms with van der Waals surface area (Å²) >= 11 is 0. The molecule has 19 heteroatoms. The minimum absolute atomic E-state index is 0.0318. The molecule has 0 saturated carbocycles. The Morgan fingerprint density at radius 1 is 0.519 bits per heavy atom. The van der Waals surface area contributed by atoms with Crippen molar-refractivity contribution in [3.05, 3.63) is 60.8 Å². The van der Waals surface area contributed by atoms with Gasteiger partial charge in [-0.05, 0) is 50.9 Å². The number of hydrogen-bond donors (Lipinski definition) is 6. The normalized spacial score (nSPS) is 56.8. The molecule has 9 saturated heterocycles. The fraction of sp³-hybridized carbons (Fsp3) is 0.833. The highest BCUT2D eigenvalue weighted by Crippen LogP contribution is 2.52. The quantitative estimate of drug-likeness (QED) is 0.223. The van der Waals surface area contributed by atoms with E-state index in [1.165, 1.54) is 6.08 Å². The first kappa shape index (κ1) is 56.1. The van der Waals surface area contributed by atoms with Crippen LogP contribution < -0.4 is 0 Å². The molecule has 0 amide bonds. The van der Waals surface area contributed by atoms with Crippen LogP contribution >= 0.6 is 0 Å². The third-order valence-electron chi connectivity index (χ3n) is 20.6. The Bertz CT molecular complexity index is 2300. The van der Waals surface area contributed by atoms with Gasteiger partial charge in [-0.2, -0.15) is 0 Å². The van der Waals surface area contributed by atoms with Crippen LogP contribution in [0.25, 0.3) is 0 Å². The number of ether oxygens (including phenoxy) is 13. The molecule has 79 heavy (non-hydrogen) atoms. The minimum Gasteiger partial charge on any atom is -0.393 e. The molecule has 13 aliphatic rings. The SMILES string of the molecule is C[C@@H]1C[C@@H]2O[C@@H]3[C@@H](C)[C@H](O)[C@@H]4O[C@]5(C[C@H](O)CO5)[C@@H](C)[C@H](C)[C@H]4O[C@H]3C[C@H]2O[C@H]2C[C@H]3O[C@H]4C/C=C\C[C@H]5O[C@H]6C=C[C@H]7O[C@H]8[C@H](O)[C@H]9O[C@H](/C=C/[C@H](O)CO)C=CC[C@@H]9O[C@@H]8C[C@@H]7O[C@@H]6C=C[C@@H]5O[C@@H]4C[C@@H](O)[C@]3(C)O[C@@H]2C1. The van der Waals surface area contributed by atoms with E-state index in [1.807, 2.05) is 50.3 Å². The van der Waals surface area contributed by atoms with Gasteiger partial charge in [0.1, 0.15) is 54.4 Å². The standard InChI is InChI=1S/C60H86O19/c1-28-19-42-44(22-48-54(76-42)30(3)52(65)58-55(77-48)29(2)31(4)60(79-58)25-33(63)27-67-60)73-46-24-51-59(5,78-47(46)20-28)50(64)23-45-36(74-51)11-7-6-10-35-37(71-45)15-16-39-38(69-35)17-18-40-43(70-39)21-49-57(75-40)53(66)56-41(72-49)12-8-9-34(68-56)14-13-32(62)26-61/h6-9,13-18,28-58,61-66H,10-12,19-27H2,1-5H3/b7-6-,14-13+/t28-,29+,30+,31+,32+,33+,34+,35-,36+,37+,38+,39-,40-,41+,42+,43+,44-,45-,46+,47-,48+,49-,50-,51-,52+,53-,54-,55-,56+,57-,58+,59+,60-/m1/s1. The van der Waals surface area contributed by atoms with E-state index in [1.54, 1.807) is 6.08 Å².